The van der Waals surface area contributed by atoms with E-state index in [9.17, 15) is 18.9 Å². The van der Waals surface area contributed by atoms with Crippen LogP contribution in [-0.4, -0.2) is 20.9 Å². The number of non-ortho nitro benzene ring substituents is 1. The molecule has 0 unspecified atom stereocenters. The van der Waals surface area contributed by atoms with Gasteiger partial charge in [-0.05, 0) is 36.2 Å². The van der Waals surface area contributed by atoms with Crippen molar-refractivity contribution in [1.29, 1.82) is 0 Å². The van der Waals surface area contributed by atoms with Crippen molar-refractivity contribution >= 4 is 5.69 Å². The molecular formula is C21H19F2N3O2. The van der Waals surface area contributed by atoms with Crippen molar-refractivity contribution in [2.45, 2.75) is 25.6 Å². The third kappa shape index (κ3) is 3.41. The number of fused-ring (bicyclic) bond motifs is 1. The van der Waals surface area contributed by atoms with Crippen molar-refractivity contribution in [3.05, 3.63) is 99.4 Å². The molecule has 0 spiro atoms. The second-order valence-corrected chi connectivity index (χ2v) is 6.90. The minimum Gasteiger partial charge on any atom is -0.350 e. The molecule has 2 heterocycles. The molecule has 5 nitrogen and oxygen atoms in total. The highest BCUT2D eigenvalue weighted by Gasteiger charge is 2.29. The average Bonchev–Trinajstić information content (AvgIpc) is 3.06. The van der Waals surface area contributed by atoms with E-state index in [0.29, 0.717) is 6.54 Å². The molecule has 144 valence electrons. The summed E-state index contributed by atoms with van der Waals surface area (Å²) < 4.78 is 30.7. The molecule has 0 radical (unpaired) electrons. The molecule has 0 aliphatic carbocycles. The number of rotatable bonds is 4. The minimum atomic E-state index is -0.568. The summed E-state index contributed by atoms with van der Waals surface area (Å²) in [6.07, 6.45) is 2.82. The van der Waals surface area contributed by atoms with Crippen LogP contribution in [0.4, 0.5) is 14.5 Å². The van der Waals surface area contributed by atoms with Crippen LogP contribution in [0.2, 0.25) is 0 Å². The van der Waals surface area contributed by atoms with E-state index in [-0.39, 0.29) is 23.8 Å². The predicted molar refractivity (Wildman–Crippen MR) is 101 cm³/mol. The van der Waals surface area contributed by atoms with Crippen LogP contribution in [0.25, 0.3) is 0 Å². The monoisotopic (exact) mass is 383 g/mol. The number of nitro benzene ring substituents is 1. The molecule has 1 aliphatic rings. The maximum absolute atomic E-state index is 14.3. The van der Waals surface area contributed by atoms with Gasteiger partial charge in [0, 0.05) is 49.2 Å². The van der Waals surface area contributed by atoms with E-state index in [4.69, 9.17) is 0 Å². The van der Waals surface area contributed by atoms with E-state index in [2.05, 4.69) is 4.57 Å². The van der Waals surface area contributed by atoms with Crippen molar-refractivity contribution in [2.24, 2.45) is 0 Å². The van der Waals surface area contributed by atoms with Crippen molar-refractivity contribution < 1.29 is 13.7 Å². The van der Waals surface area contributed by atoms with Gasteiger partial charge in [0.1, 0.15) is 11.6 Å². The van der Waals surface area contributed by atoms with Gasteiger partial charge in [-0.1, -0.05) is 18.2 Å². The van der Waals surface area contributed by atoms with E-state index < -0.39 is 16.6 Å². The van der Waals surface area contributed by atoms with Gasteiger partial charge in [0.15, 0.2) is 0 Å². The summed E-state index contributed by atoms with van der Waals surface area (Å²) in [6.45, 7) is 1.57. The second-order valence-electron chi connectivity index (χ2n) is 6.90. The first-order valence-electron chi connectivity index (χ1n) is 9.11. The maximum atomic E-state index is 14.3. The summed E-state index contributed by atoms with van der Waals surface area (Å²) >= 11 is 0. The van der Waals surface area contributed by atoms with Gasteiger partial charge < -0.3 is 4.57 Å². The molecule has 4 rings (SSSR count). The molecule has 0 saturated heterocycles. The van der Waals surface area contributed by atoms with E-state index >= 15 is 0 Å². The number of nitro groups is 1. The Labute approximate surface area is 161 Å². The van der Waals surface area contributed by atoms with E-state index in [1.807, 2.05) is 23.2 Å². The average molecular weight is 383 g/mol. The van der Waals surface area contributed by atoms with Crippen LogP contribution in [-0.2, 0) is 13.1 Å². The molecule has 2 aromatic carbocycles. The Morgan fingerprint density at radius 1 is 1.00 bits per heavy atom. The van der Waals surface area contributed by atoms with Crippen molar-refractivity contribution in [3.8, 4) is 0 Å². The fourth-order valence-electron chi connectivity index (χ4n) is 3.86. The molecule has 0 saturated carbocycles. The van der Waals surface area contributed by atoms with E-state index in [1.165, 1.54) is 30.3 Å². The lowest BCUT2D eigenvalue weighted by atomic mass is 10.0. The highest BCUT2D eigenvalue weighted by molar-refractivity contribution is 5.38. The summed E-state index contributed by atoms with van der Waals surface area (Å²) in [5.74, 6) is -1.14. The lowest BCUT2D eigenvalue weighted by Gasteiger charge is -2.30. The summed E-state index contributed by atoms with van der Waals surface area (Å²) in [4.78, 5) is 12.6. The number of nitrogens with zero attached hydrogens (tertiary/aromatic N) is 3. The van der Waals surface area contributed by atoms with Crippen LogP contribution in [0.1, 0.15) is 29.3 Å². The highest BCUT2D eigenvalue weighted by Crippen LogP contribution is 2.34. The summed E-state index contributed by atoms with van der Waals surface area (Å²) in [6, 6.07) is 13.9. The number of hydrogen-bond donors (Lipinski definition) is 0. The molecule has 1 aromatic heterocycles. The zero-order chi connectivity index (χ0) is 19.7. The fourth-order valence-corrected chi connectivity index (χ4v) is 3.86. The van der Waals surface area contributed by atoms with Crippen molar-refractivity contribution in [1.82, 2.24) is 9.47 Å². The Balaban J connectivity index is 1.76. The Kier molecular flexibility index (Phi) is 4.92. The first-order chi connectivity index (χ1) is 13.5. The van der Waals surface area contributed by atoms with Crippen LogP contribution in [0, 0.1) is 21.7 Å². The molecule has 0 bridgehead atoms. The summed E-state index contributed by atoms with van der Waals surface area (Å²) in [5, 5.41) is 11.0. The predicted octanol–water partition coefficient (Wildman–Crippen LogP) is 4.67. The van der Waals surface area contributed by atoms with Gasteiger partial charge in [0.2, 0.25) is 0 Å². The standard InChI is InChI=1S/C21H19F2N3O2/c22-18-4-1-5-19(23)17(18)14-25-13-3-12-24-11-2-6-20(24)21(25)15-7-9-16(10-8-15)26(27)28/h1-2,4-11,21H,3,12-14H2/t21-/m1/s1. The van der Waals surface area contributed by atoms with Crippen LogP contribution < -0.4 is 0 Å². The minimum absolute atomic E-state index is 0.0134. The number of halogens is 2. The Morgan fingerprint density at radius 3 is 2.39 bits per heavy atom. The molecule has 1 aliphatic heterocycles. The number of aryl methyl sites for hydroxylation is 1. The molecule has 3 aromatic rings. The van der Waals surface area contributed by atoms with Crippen LogP contribution >= 0.6 is 0 Å². The van der Waals surface area contributed by atoms with Crippen LogP contribution in [0.3, 0.4) is 0 Å². The van der Waals surface area contributed by atoms with Gasteiger partial charge in [0.25, 0.3) is 5.69 Å². The molecule has 0 N–H and O–H groups in total. The molecular weight excluding hydrogens is 364 g/mol. The zero-order valence-electron chi connectivity index (χ0n) is 15.1. The van der Waals surface area contributed by atoms with Gasteiger partial charge >= 0.3 is 0 Å². The van der Waals surface area contributed by atoms with Gasteiger partial charge in [-0.3, -0.25) is 15.0 Å². The van der Waals surface area contributed by atoms with Crippen LogP contribution in [0.15, 0.2) is 60.8 Å². The largest absolute Gasteiger partial charge is 0.350 e. The normalized spacial score (nSPS) is 17.1. The first-order valence-corrected chi connectivity index (χ1v) is 9.11. The third-order valence-electron chi connectivity index (χ3n) is 5.20. The van der Waals surface area contributed by atoms with Gasteiger partial charge in [0.05, 0.1) is 11.0 Å². The van der Waals surface area contributed by atoms with E-state index in [1.54, 1.807) is 12.1 Å². The zero-order valence-corrected chi connectivity index (χ0v) is 15.1. The smallest absolute Gasteiger partial charge is 0.269 e. The van der Waals surface area contributed by atoms with Gasteiger partial charge in [-0.25, -0.2) is 8.78 Å². The van der Waals surface area contributed by atoms with Crippen molar-refractivity contribution in [2.75, 3.05) is 6.54 Å². The van der Waals surface area contributed by atoms with Gasteiger partial charge in [-0.2, -0.15) is 0 Å². The molecule has 0 fully saturated rings. The number of hydrogen-bond acceptors (Lipinski definition) is 3. The molecule has 7 heteroatoms. The third-order valence-corrected chi connectivity index (χ3v) is 5.20. The fraction of sp³-hybridized carbons (Fsp3) is 0.238. The quantitative estimate of drug-likeness (QED) is 0.486. The molecule has 28 heavy (non-hydrogen) atoms. The van der Waals surface area contributed by atoms with E-state index in [0.717, 1.165) is 24.2 Å². The lowest BCUT2D eigenvalue weighted by Crippen LogP contribution is -2.30. The van der Waals surface area contributed by atoms with Crippen LogP contribution in [0.5, 0.6) is 0 Å². The summed E-state index contributed by atoms with van der Waals surface area (Å²) in [7, 11) is 0. The molecule has 1 atom stereocenters. The Hall–Kier alpha value is -3.06. The maximum Gasteiger partial charge on any atom is 0.269 e. The first kappa shape index (κ1) is 18.3. The summed E-state index contributed by atoms with van der Waals surface area (Å²) in [5.41, 5.74) is 1.90. The SMILES string of the molecule is O=[N+]([O-])c1ccc([C@@H]2c3cccn3CCCN2Cc2c(F)cccc2F)cc1. The molecule has 0 amide bonds. The highest BCUT2D eigenvalue weighted by atomic mass is 19.1. The number of benzene rings is 2. The second kappa shape index (κ2) is 7.52. The Morgan fingerprint density at radius 2 is 1.71 bits per heavy atom. The van der Waals surface area contributed by atoms with Gasteiger partial charge in [-0.15, -0.1) is 0 Å². The van der Waals surface area contributed by atoms with Crippen molar-refractivity contribution in [3.63, 3.8) is 0 Å². The Bertz CT molecular complexity index is 981. The topological polar surface area (TPSA) is 51.3 Å². The number of aromatic nitrogens is 1. The lowest BCUT2D eigenvalue weighted by molar-refractivity contribution is -0.384.